The van der Waals surface area contributed by atoms with E-state index in [0.29, 0.717) is 6.54 Å². The van der Waals surface area contributed by atoms with Crippen molar-refractivity contribution < 1.29 is 8.42 Å². The summed E-state index contributed by atoms with van der Waals surface area (Å²) in [5.74, 6) is 0.719. The number of aromatic nitrogens is 1. The fourth-order valence-corrected chi connectivity index (χ4v) is 4.04. The predicted molar refractivity (Wildman–Crippen MR) is 110 cm³/mol. The fraction of sp³-hybridized carbons (Fsp3) is 0.421. The smallest absolute Gasteiger partial charge is 0.216 e. The highest BCUT2D eigenvalue weighted by Gasteiger charge is 2.12. The molecule has 0 atom stereocenters. The second-order valence-electron chi connectivity index (χ2n) is 6.62. The molecule has 2 rings (SSSR count). The van der Waals surface area contributed by atoms with E-state index in [1.807, 2.05) is 62.6 Å². The van der Waals surface area contributed by atoms with Crippen molar-refractivity contribution in [3.63, 3.8) is 0 Å². The molecule has 0 unspecified atom stereocenters. The Bertz CT molecular complexity index is 812. The van der Waals surface area contributed by atoms with Crippen LogP contribution < -0.4 is 15.4 Å². The van der Waals surface area contributed by atoms with Crippen molar-refractivity contribution in [2.75, 3.05) is 13.6 Å². The molecule has 0 bridgehead atoms. The maximum Gasteiger partial charge on any atom is 0.216 e. The highest BCUT2D eigenvalue weighted by Crippen LogP contribution is 2.08. The minimum Gasteiger partial charge on any atom is -0.355 e. The van der Waals surface area contributed by atoms with Crippen LogP contribution in [0.3, 0.4) is 0 Å². The number of nitrogens with one attached hydrogen (secondary N) is 3. The molecular formula is C19H29N5O2S. The van der Waals surface area contributed by atoms with E-state index in [4.69, 9.17) is 0 Å². The van der Waals surface area contributed by atoms with Crippen LogP contribution in [0.1, 0.15) is 25.0 Å². The van der Waals surface area contributed by atoms with Crippen molar-refractivity contribution in [1.82, 2.24) is 19.9 Å². The number of benzene rings is 1. The zero-order valence-electron chi connectivity index (χ0n) is 16.1. The van der Waals surface area contributed by atoms with Crippen LogP contribution in [-0.4, -0.2) is 38.6 Å². The van der Waals surface area contributed by atoms with Crippen LogP contribution in [0.2, 0.25) is 0 Å². The van der Waals surface area contributed by atoms with Crippen LogP contribution in [0.5, 0.6) is 0 Å². The lowest BCUT2D eigenvalue weighted by Gasteiger charge is -2.13. The summed E-state index contributed by atoms with van der Waals surface area (Å²) < 4.78 is 28.7. The lowest BCUT2D eigenvalue weighted by molar-refractivity contribution is 0.569. The van der Waals surface area contributed by atoms with E-state index < -0.39 is 10.0 Å². The van der Waals surface area contributed by atoms with Crippen molar-refractivity contribution in [1.29, 1.82) is 0 Å². The molecule has 27 heavy (non-hydrogen) atoms. The molecule has 1 heterocycles. The van der Waals surface area contributed by atoms with Crippen molar-refractivity contribution in [3.8, 4) is 0 Å². The molecule has 2 aromatic rings. The minimum absolute atomic E-state index is 0.0124. The largest absolute Gasteiger partial charge is 0.355 e. The molecule has 0 radical (unpaired) electrons. The van der Waals surface area contributed by atoms with Gasteiger partial charge in [-0.1, -0.05) is 24.3 Å². The third-order valence-corrected chi connectivity index (χ3v) is 5.35. The van der Waals surface area contributed by atoms with Crippen LogP contribution in [0.15, 0.2) is 53.8 Å². The second kappa shape index (κ2) is 10.1. The van der Waals surface area contributed by atoms with Crippen molar-refractivity contribution in [2.45, 2.75) is 38.7 Å². The summed E-state index contributed by atoms with van der Waals surface area (Å²) in [5.41, 5.74) is 1.82. The van der Waals surface area contributed by atoms with Gasteiger partial charge in [-0.15, -0.1) is 0 Å². The first kappa shape index (κ1) is 21.0. The lowest BCUT2D eigenvalue weighted by atomic mass is 10.1. The minimum atomic E-state index is -3.30. The van der Waals surface area contributed by atoms with Crippen LogP contribution in [-0.2, 0) is 28.9 Å². The highest BCUT2D eigenvalue weighted by molar-refractivity contribution is 7.88. The molecule has 3 N–H and O–H groups in total. The molecule has 0 fully saturated rings. The number of rotatable bonds is 9. The van der Waals surface area contributed by atoms with Gasteiger partial charge in [0.2, 0.25) is 10.0 Å². The highest BCUT2D eigenvalue weighted by atomic mass is 32.2. The quantitative estimate of drug-likeness (QED) is 0.448. The van der Waals surface area contributed by atoms with Gasteiger partial charge in [0.05, 0.1) is 5.75 Å². The van der Waals surface area contributed by atoms with Crippen molar-refractivity contribution in [2.24, 2.45) is 4.99 Å². The third-order valence-electron chi connectivity index (χ3n) is 3.81. The molecule has 1 aromatic heterocycles. The van der Waals surface area contributed by atoms with Gasteiger partial charge in [0.25, 0.3) is 0 Å². The Kier molecular flexibility index (Phi) is 7.87. The van der Waals surface area contributed by atoms with Gasteiger partial charge in [-0.2, -0.15) is 0 Å². The van der Waals surface area contributed by atoms with Gasteiger partial charge in [-0.05, 0) is 37.1 Å². The summed E-state index contributed by atoms with van der Waals surface area (Å²) in [6.07, 6.45) is 4.05. The van der Waals surface area contributed by atoms with Gasteiger partial charge in [0, 0.05) is 45.1 Å². The number of nitrogens with zero attached hydrogens (tertiary/aromatic N) is 2. The average Bonchev–Trinajstić information content (AvgIpc) is 3.11. The Morgan fingerprint density at radius 2 is 1.70 bits per heavy atom. The number of sulfonamides is 1. The van der Waals surface area contributed by atoms with Gasteiger partial charge >= 0.3 is 0 Å². The molecule has 0 aliphatic heterocycles. The molecule has 0 spiro atoms. The molecule has 0 saturated carbocycles. The van der Waals surface area contributed by atoms with E-state index in [1.54, 1.807) is 7.05 Å². The summed E-state index contributed by atoms with van der Waals surface area (Å²) in [7, 11) is -1.57. The summed E-state index contributed by atoms with van der Waals surface area (Å²) in [5, 5.41) is 6.53. The zero-order valence-corrected chi connectivity index (χ0v) is 17.0. The molecule has 7 nitrogen and oxygen atoms in total. The molecular weight excluding hydrogens is 362 g/mol. The van der Waals surface area contributed by atoms with E-state index in [-0.39, 0.29) is 11.8 Å². The first-order valence-electron chi connectivity index (χ1n) is 9.01. The molecule has 0 amide bonds. The van der Waals surface area contributed by atoms with E-state index in [0.717, 1.165) is 30.2 Å². The monoisotopic (exact) mass is 391 g/mol. The number of hydrogen-bond donors (Lipinski definition) is 3. The van der Waals surface area contributed by atoms with Crippen molar-refractivity contribution >= 4 is 16.0 Å². The molecule has 148 valence electrons. The molecule has 8 heteroatoms. The summed E-state index contributed by atoms with van der Waals surface area (Å²) in [6, 6.07) is 11.5. The van der Waals surface area contributed by atoms with Crippen LogP contribution in [0, 0.1) is 0 Å². The Morgan fingerprint density at radius 1 is 1.07 bits per heavy atom. The van der Waals surface area contributed by atoms with Gasteiger partial charge in [-0.25, -0.2) is 13.1 Å². The van der Waals surface area contributed by atoms with Crippen LogP contribution in [0.25, 0.3) is 0 Å². The van der Waals surface area contributed by atoms with Gasteiger partial charge in [0.15, 0.2) is 5.96 Å². The SMILES string of the molecule is CN=C(NCCn1cccc1)NCc1ccc(CS(=O)(=O)NC(C)C)cc1. The van der Waals surface area contributed by atoms with E-state index in [1.165, 1.54) is 0 Å². The van der Waals surface area contributed by atoms with E-state index in [9.17, 15) is 8.42 Å². The maximum absolute atomic E-state index is 12.0. The maximum atomic E-state index is 12.0. The normalized spacial score (nSPS) is 12.4. The summed E-state index contributed by atoms with van der Waals surface area (Å²) >= 11 is 0. The first-order chi connectivity index (χ1) is 12.9. The Hall–Kier alpha value is -2.32. The number of hydrogen-bond acceptors (Lipinski definition) is 3. The Labute approximate surface area is 161 Å². The van der Waals surface area contributed by atoms with Gasteiger partial charge < -0.3 is 15.2 Å². The van der Waals surface area contributed by atoms with Gasteiger partial charge in [-0.3, -0.25) is 4.99 Å². The standard InChI is InChI=1S/C19H29N5O2S/c1-16(2)23-27(25,26)15-18-8-6-17(7-9-18)14-22-19(20-3)21-10-13-24-11-4-5-12-24/h4-9,11-12,16,23H,10,13-15H2,1-3H3,(H2,20,21,22). The third kappa shape index (κ3) is 7.84. The molecule has 0 saturated heterocycles. The van der Waals surface area contributed by atoms with Crippen LogP contribution >= 0.6 is 0 Å². The molecule has 0 aliphatic rings. The first-order valence-corrected chi connectivity index (χ1v) is 10.7. The van der Waals surface area contributed by atoms with Gasteiger partial charge in [0.1, 0.15) is 0 Å². The molecule has 0 aliphatic carbocycles. The summed E-state index contributed by atoms with van der Waals surface area (Å²) in [6.45, 7) is 5.87. The zero-order chi connectivity index (χ0) is 19.7. The topological polar surface area (TPSA) is 87.5 Å². The number of guanidine groups is 1. The van der Waals surface area contributed by atoms with E-state index >= 15 is 0 Å². The predicted octanol–water partition coefficient (Wildman–Crippen LogP) is 1.68. The number of aliphatic imine (C=N–C) groups is 1. The average molecular weight is 392 g/mol. The fourth-order valence-electron chi connectivity index (χ4n) is 2.60. The summed E-state index contributed by atoms with van der Waals surface area (Å²) in [4.78, 5) is 4.21. The Balaban J connectivity index is 1.79. The van der Waals surface area contributed by atoms with Crippen LogP contribution in [0.4, 0.5) is 0 Å². The van der Waals surface area contributed by atoms with E-state index in [2.05, 4.69) is 24.9 Å². The molecule has 1 aromatic carbocycles. The van der Waals surface area contributed by atoms with Crippen molar-refractivity contribution in [3.05, 3.63) is 59.9 Å². The Morgan fingerprint density at radius 3 is 2.30 bits per heavy atom. The second-order valence-corrected chi connectivity index (χ2v) is 8.38. The lowest BCUT2D eigenvalue weighted by Crippen LogP contribution is -2.38.